The number of benzene rings is 1. The molecule has 1 aromatic carbocycles. The Morgan fingerprint density at radius 3 is 2.62 bits per heavy atom. The largest absolute Gasteiger partial charge is 0.399 e. The van der Waals surface area contributed by atoms with E-state index in [1.54, 1.807) is 0 Å². The first-order chi connectivity index (χ1) is 9.68. The average molecular weight is 329 g/mol. The number of rotatable bonds is 3. The van der Waals surface area contributed by atoms with Gasteiger partial charge >= 0.3 is 11.1 Å². The number of hydrogen-bond acceptors (Lipinski definition) is 7. The molecule has 5 N–H and O–H groups in total. The Morgan fingerprint density at radius 1 is 1.33 bits per heavy atom. The lowest BCUT2D eigenvalue weighted by atomic mass is 10.3. The molecule has 2 aromatic rings. The van der Waals surface area contributed by atoms with Crippen LogP contribution in [0.1, 0.15) is 0 Å². The second kappa shape index (κ2) is 5.35. The summed E-state index contributed by atoms with van der Waals surface area (Å²) in [5, 5.41) is 7.49. The smallest absolute Gasteiger partial charge is 0.339 e. The Hall–Kier alpha value is -2.11. The summed E-state index contributed by atoms with van der Waals surface area (Å²) in [5.74, 6) is 0. The molecule has 0 unspecified atom stereocenters. The molecule has 2 rings (SSSR count). The number of aromatic amines is 1. The first-order valence-electron chi connectivity index (χ1n) is 5.46. The number of nitrogens with zero attached hydrogens (tertiary/aromatic N) is 2. The topological polar surface area (TPSA) is 154 Å². The highest BCUT2D eigenvalue weighted by Crippen LogP contribution is 2.31. The predicted octanol–water partition coefficient (Wildman–Crippen LogP) is -1.15. The molecule has 0 aliphatic rings. The molecule has 0 aliphatic carbocycles. The molecule has 0 amide bonds. The third-order valence-electron chi connectivity index (χ3n) is 2.42. The van der Waals surface area contributed by atoms with E-state index < -0.39 is 21.1 Å². The van der Waals surface area contributed by atoms with Crippen LogP contribution in [0, 0.1) is 0 Å². The zero-order valence-corrected chi connectivity index (χ0v) is 12.4. The summed E-state index contributed by atoms with van der Waals surface area (Å²) in [7, 11) is -2.53. The lowest BCUT2D eigenvalue weighted by Crippen LogP contribution is -2.33. The van der Waals surface area contributed by atoms with E-state index in [4.69, 9.17) is 10.9 Å². The first-order valence-corrected chi connectivity index (χ1v) is 7.82. The molecule has 1 heterocycles. The second-order valence-corrected chi connectivity index (χ2v) is 6.59. The van der Waals surface area contributed by atoms with Crippen molar-refractivity contribution in [2.24, 2.45) is 12.2 Å². The summed E-state index contributed by atoms with van der Waals surface area (Å²) in [6.07, 6.45) is 0. The van der Waals surface area contributed by atoms with Crippen molar-refractivity contribution in [3.63, 3.8) is 0 Å². The quantitative estimate of drug-likeness (QED) is 0.474. The lowest BCUT2D eigenvalue weighted by molar-refractivity contribution is 0.592. The van der Waals surface area contributed by atoms with Gasteiger partial charge in [0.05, 0.1) is 4.90 Å². The predicted molar refractivity (Wildman–Crippen MR) is 76.4 cm³/mol. The maximum Gasteiger partial charge on any atom is 0.339 e. The van der Waals surface area contributed by atoms with Crippen molar-refractivity contribution >= 4 is 27.5 Å². The number of aryl methyl sites for hydroxylation is 1. The minimum Gasteiger partial charge on any atom is -0.399 e. The van der Waals surface area contributed by atoms with Crippen molar-refractivity contribution < 1.29 is 8.42 Å². The number of primary sulfonamides is 1. The zero-order chi connectivity index (χ0) is 15.8. The first kappa shape index (κ1) is 15.3. The summed E-state index contributed by atoms with van der Waals surface area (Å²) >= 11 is 0.866. The summed E-state index contributed by atoms with van der Waals surface area (Å²) in [6, 6.07) is 4.14. The summed E-state index contributed by atoms with van der Waals surface area (Å²) in [4.78, 5) is 26.0. The van der Waals surface area contributed by atoms with Crippen LogP contribution in [0.15, 0.2) is 42.7 Å². The van der Waals surface area contributed by atoms with Crippen LogP contribution < -0.4 is 22.0 Å². The maximum atomic E-state index is 11.6. The monoisotopic (exact) mass is 329 g/mol. The number of sulfonamides is 1. The molecule has 9 nitrogen and oxygen atoms in total. The summed E-state index contributed by atoms with van der Waals surface area (Å²) in [5.41, 5.74) is 3.93. The number of anilines is 1. The van der Waals surface area contributed by atoms with Crippen LogP contribution in [0.3, 0.4) is 0 Å². The lowest BCUT2D eigenvalue weighted by Gasteiger charge is -2.09. The molecule has 0 spiro atoms. The van der Waals surface area contributed by atoms with E-state index in [0.29, 0.717) is 0 Å². The molecule has 0 fully saturated rings. The Labute approximate surface area is 123 Å². The Kier molecular flexibility index (Phi) is 3.89. The van der Waals surface area contributed by atoms with Gasteiger partial charge in [0.2, 0.25) is 10.0 Å². The second-order valence-electron chi connectivity index (χ2n) is 4.05. The minimum atomic E-state index is -4.00. The third-order valence-corrected chi connectivity index (χ3v) is 4.63. The van der Waals surface area contributed by atoms with Crippen LogP contribution >= 0.6 is 11.8 Å². The molecule has 0 saturated heterocycles. The molecule has 0 saturated carbocycles. The molecule has 0 bridgehead atoms. The van der Waals surface area contributed by atoms with Gasteiger partial charge in [-0.05, 0) is 30.0 Å². The third kappa shape index (κ3) is 3.32. The summed E-state index contributed by atoms with van der Waals surface area (Å²) in [6.45, 7) is 0. The normalized spacial score (nSPS) is 11.5. The molecule has 21 heavy (non-hydrogen) atoms. The van der Waals surface area contributed by atoms with Gasteiger partial charge in [-0.1, -0.05) is 0 Å². The van der Waals surface area contributed by atoms with E-state index in [-0.39, 0.29) is 20.6 Å². The van der Waals surface area contributed by atoms with E-state index >= 15 is 0 Å². The van der Waals surface area contributed by atoms with Gasteiger partial charge in [-0.15, -0.1) is 0 Å². The van der Waals surface area contributed by atoms with Crippen molar-refractivity contribution in [1.29, 1.82) is 0 Å². The molecule has 112 valence electrons. The number of H-pyrrole nitrogens is 1. The highest BCUT2D eigenvalue weighted by Gasteiger charge is 2.17. The number of nitrogens with one attached hydrogen (secondary N) is 1. The Morgan fingerprint density at radius 2 is 2.00 bits per heavy atom. The highest BCUT2D eigenvalue weighted by atomic mass is 32.2. The van der Waals surface area contributed by atoms with Crippen molar-refractivity contribution in [3.05, 3.63) is 38.9 Å². The van der Waals surface area contributed by atoms with Gasteiger partial charge < -0.3 is 5.73 Å². The number of nitrogen functional groups attached to an aromatic ring is 1. The van der Waals surface area contributed by atoms with E-state index in [1.165, 1.54) is 29.9 Å². The van der Waals surface area contributed by atoms with Crippen molar-refractivity contribution in [2.45, 2.75) is 14.9 Å². The average Bonchev–Trinajstić information content (AvgIpc) is 2.36. The standard InChI is InChI=1S/C10H11N5O4S2/c1-15-10(13-8(16)9(17)14-15)20-6-3-2-5(11)4-7(6)21(12,18)19/h2-4H,11H2,1H3,(H,14,17)(H2,12,18,19). The fourth-order valence-corrected chi connectivity index (χ4v) is 3.41. The number of nitrogens with two attached hydrogens (primary N) is 2. The molecule has 1 aromatic heterocycles. The van der Waals surface area contributed by atoms with Gasteiger partial charge in [-0.2, -0.15) is 4.98 Å². The highest BCUT2D eigenvalue weighted by molar-refractivity contribution is 8.00. The van der Waals surface area contributed by atoms with Gasteiger partial charge in [-0.3, -0.25) is 19.4 Å². The van der Waals surface area contributed by atoms with E-state index in [2.05, 4.69) is 10.1 Å². The van der Waals surface area contributed by atoms with Gasteiger partial charge in [0.25, 0.3) is 0 Å². The van der Waals surface area contributed by atoms with Crippen LogP contribution in [0.4, 0.5) is 5.69 Å². The molecule has 0 aliphatic heterocycles. The van der Waals surface area contributed by atoms with Gasteiger partial charge in [0.1, 0.15) is 0 Å². The van der Waals surface area contributed by atoms with E-state index in [0.717, 1.165) is 11.8 Å². The maximum absolute atomic E-state index is 11.6. The number of hydrogen-bond donors (Lipinski definition) is 3. The van der Waals surface area contributed by atoms with Gasteiger partial charge in [0.15, 0.2) is 5.16 Å². The minimum absolute atomic E-state index is 0.106. The fraction of sp³-hybridized carbons (Fsp3) is 0.100. The Bertz CT molecular complexity index is 916. The van der Waals surface area contributed by atoms with Crippen molar-refractivity contribution in [2.75, 3.05) is 5.73 Å². The van der Waals surface area contributed by atoms with Gasteiger partial charge in [0, 0.05) is 17.6 Å². The van der Waals surface area contributed by atoms with Crippen molar-refractivity contribution in [1.82, 2.24) is 14.8 Å². The van der Waals surface area contributed by atoms with Crippen LogP contribution in [-0.4, -0.2) is 23.2 Å². The summed E-state index contributed by atoms with van der Waals surface area (Å²) < 4.78 is 24.3. The van der Waals surface area contributed by atoms with E-state index in [1.807, 2.05) is 0 Å². The zero-order valence-electron chi connectivity index (χ0n) is 10.7. The van der Waals surface area contributed by atoms with Crippen LogP contribution in [0.5, 0.6) is 0 Å². The SMILES string of the molecule is Cn1[nH]c(=O)c(=O)nc1Sc1ccc(N)cc1S(N)(=O)=O. The molecule has 11 heteroatoms. The van der Waals surface area contributed by atoms with Crippen LogP contribution in [0.25, 0.3) is 0 Å². The van der Waals surface area contributed by atoms with E-state index in [9.17, 15) is 18.0 Å². The van der Waals surface area contributed by atoms with Crippen LogP contribution in [-0.2, 0) is 17.1 Å². The van der Waals surface area contributed by atoms with Crippen molar-refractivity contribution in [3.8, 4) is 0 Å². The number of aromatic nitrogens is 3. The van der Waals surface area contributed by atoms with Crippen LogP contribution in [0.2, 0.25) is 0 Å². The molecular weight excluding hydrogens is 318 g/mol. The molecule has 0 atom stereocenters. The van der Waals surface area contributed by atoms with Gasteiger partial charge in [-0.25, -0.2) is 13.6 Å². The Balaban J connectivity index is 2.58. The fourth-order valence-electron chi connectivity index (χ4n) is 1.48. The molecular formula is C10H11N5O4S2. The molecule has 0 radical (unpaired) electrons.